The van der Waals surface area contributed by atoms with Crippen molar-refractivity contribution in [2.45, 2.75) is 6.54 Å². The summed E-state index contributed by atoms with van der Waals surface area (Å²) in [5, 5.41) is 14.0. The third-order valence-electron chi connectivity index (χ3n) is 3.65. The minimum Gasteiger partial charge on any atom is -0.492 e. The molecule has 1 N–H and O–H groups in total. The van der Waals surface area contributed by atoms with Crippen LogP contribution < -0.4 is 10.1 Å². The summed E-state index contributed by atoms with van der Waals surface area (Å²) in [4.78, 5) is 16.5. The van der Waals surface area contributed by atoms with E-state index in [2.05, 4.69) is 10.3 Å². The number of aliphatic imine (C=N–C) groups is 1. The molecule has 0 unspecified atom stereocenters. The van der Waals surface area contributed by atoms with E-state index in [9.17, 15) is 14.5 Å². The van der Waals surface area contributed by atoms with Gasteiger partial charge in [0, 0.05) is 32.8 Å². The molecule has 2 rings (SSSR count). The van der Waals surface area contributed by atoms with Crippen LogP contribution in [0.5, 0.6) is 5.75 Å². The summed E-state index contributed by atoms with van der Waals surface area (Å²) in [6.45, 7) is 1.38. The van der Waals surface area contributed by atoms with Gasteiger partial charge >= 0.3 is 0 Å². The van der Waals surface area contributed by atoms with Crippen molar-refractivity contribution < 1.29 is 14.1 Å². The van der Waals surface area contributed by atoms with Gasteiger partial charge in [0.15, 0.2) is 5.96 Å². The molecule has 0 aliphatic heterocycles. The number of benzene rings is 2. The second-order valence-electron chi connectivity index (χ2n) is 5.55. The van der Waals surface area contributed by atoms with Crippen LogP contribution in [0, 0.1) is 15.9 Å². The SMILES string of the molecule is CN=C(NCc1cccc([N+](=O)[O-])c1)N(C)CCOc1ccc(F)cc1. The fraction of sp³-hybridized carbons (Fsp3) is 0.278. The van der Waals surface area contributed by atoms with Crippen LogP contribution >= 0.6 is 0 Å². The molecule has 0 saturated carbocycles. The van der Waals surface area contributed by atoms with Crippen LogP contribution in [-0.4, -0.2) is 43.0 Å². The molecular weight excluding hydrogens is 339 g/mol. The first kappa shape index (κ1) is 19.2. The van der Waals surface area contributed by atoms with Gasteiger partial charge in [0.2, 0.25) is 0 Å². The normalized spacial score (nSPS) is 11.1. The Balaban J connectivity index is 1.82. The molecule has 7 nitrogen and oxygen atoms in total. The van der Waals surface area contributed by atoms with Crippen LogP contribution in [0.25, 0.3) is 0 Å². The van der Waals surface area contributed by atoms with Crippen LogP contribution in [0.2, 0.25) is 0 Å². The second-order valence-corrected chi connectivity index (χ2v) is 5.55. The number of non-ortho nitro benzene ring substituents is 1. The van der Waals surface area contributed by atoms with Crippen molar-refractivity contribution in [3.05, 3.63) is 70.0 Å². The zero-order chi connectivity index (χ0) is 18.9. The predicted octanol–water partition coefficient (Wildman–Crippen LogP) is 2.82. The van der Waals surface area contributed by atoms with Crippen molar-refractivity contribution in [2.24, 2.45) is 4.99 Å². The Kier molecular flexibility index (Phi) is 6.90. The van der Waals surface area contributed by atoms with E-state index in [0.29, 0.717) is 31.4 Å². The van der Waals surface area contributed by atoms with Gasteiger partial charge in [-0.15, -0.1) is 0 Å². The highest BCUT2D eigenvalue weighted by Crippen LogP contribution is 2.13. The molecule has 0 radical (unpaired) electrons. The lowest BCUT2D eigenvalue weighted by Gasteiger charge is -2.22. The van der Waals surface area contributed by atoms with E-state index < -0.39 is 4.92 Å². The minimum absolute atomic E-state index is 0.0559. The summed E-state index contributed by atoms with van der Waals surface area (Å²) in [6, 6.07) is 12.3. The summed E-state index contributed by atoms with van der Waals surface area (Å²) >= 11 is 0. The molecule has 0 spiro atoms. The molecule has 26 heavy (non-hydrogen) atoms. The van der Waals surface area contributed by atoms with Crippen molar-refractivity contribution in [3.8, 4) is 5.75 Å². The smallest absolute Gasteiger partial charge is 0.269 e. The van der Waals surface area contributed by atoms with Gasteiger partial charge in [-0.05, 0) is 29.8 Å². The molecular formula is C18H21FN4O3. The van der Waals surface area contributed by atoms with E-state index in [1.807, 2.05) is 18.0 Å². The molecule has 0 amide bonds. The first-order valence-electron chi connectivity index (χ1n) is 8.03. The van der Waals surface area contributed by atoms with E-state index in [4.69, 9.17) is 4.74 Å². The number of nitrogens with zero attached hydrogens (tertiary/aromatic N) is 3. The molecule has 8 heteroatoms. The number of rotatable bonds is 7. The maximum absolute atomic E-state index is 12.9. The van der Waals surface area contributed by atoms with Crippen molar-refractivity contribution >= 4 is 11.6 Å². The summed E-state index contributed by atoms with van der Waals surface area (Å²) < 4.78 is 18.4. The van der Waals surface area contributed by atoms with E-state index in [1.54, 1.807) is 25.2 Å². The summed E-state index contributed by atoms with van der Waals surface area (Å²) in [5.41, 5.74) is 0.844. The zero-order valence-electron chi connectivity index (χ0n) is 14.7. The molecule has 0 fully saturated rings. The molecule has 0 heterocycles. The Hall–Kier alpha value is -3.16. The Morgan fingerprint density at radius 3 is 2.69 bits per heavy atom. The van der Waals surface area contributed by atoms with Crippen LogP contribution in [0.3, 0.4) is 0 Å². The van der Waals surface area contributed by atoms with E-state index in [0.717, 1.165) is 5.56 Å². The highest BCUT2D eigenvalue weighted by atomic mass is 19.1. The average molecular weight is 360 g/mol. The van der Waals surface area contributed by atoms with Crippen molar-refractivity contribution in [3.63, 3.8) is 0 Å². The summed E-state index contributed by atoms with van der Waals surface area (Å²) in [7, 11) is 3.52. The van der Waals surface area contributed by atoms with Crippen LogP contribution in [0.4, 0.5) is 10.1 Å². The van der Waals surface area contributed by atoms with Gasteiger partial charge < -0.3 is 15.0 Å². The maximum atomic E-state index is 12.9. The van der Waals surface area contributed by atoms with Crippen molar-refractivity contribution in [2.75, 3.05) is 27.2 Å². The largest absolute Gasteiger partial charge is 0.492 e. The second kappa shape index (κ2) is 9.36. The van der Waals surface area contributed by atoms with E-state index >= 15 is 0 Å². The first-order valence-corrected chi connectivity index (χ1v) is 8.03. The monoisotopic (exact) mass is 360 g/mol. The van der Waals surface area contributed by atoms with Crippen LogP contribution in [0.1, 0.15) is 5.56 Å². The number of guanidine groups is 1. The molecule has 138 valence electrons. The number of hydrogen-bond donors (Lipinski definition) is 1. The standard InChI is InChI=1S/C18H21FN4O3/c1-20-18(21-13-14-4-3-5-16(12-14)23(24)25)22(2)10-11-26-17-8-6-15(19)7-9-17/h3-9,12H,10-11,13H2,1-2H3,(H,20,21). The molecule has 2 aromatic rings. The quantitative estimate of drug-likeness (QED) is 0.355. The molecule has 0 saturated heterocycles. The zero-order valence-corrected chi connectivity index (χ0v) is 14.7. The van der Waals surface area contributed by atoms with Gasteiger partial charge in [0.1, 0.15) is 18.2 Å². The van der Waals surface area contributed by atoms with Gasteiger partial charge in [0.05, 0.1) is 11.5 Å². The number of likely N-dealkylation sites (N-methyl/N-ethyl adjacent to an activating group) is 1. The summed E-state index contributed by atoms with van der Waals surface area (Å²) in [6.07, 6.45) is 0. The number of hydrogen-bond acceptors (Lipinski definition) is 4. The number of nitrogens with one attached hydrogen (secondary N) is 1. The highest BCUT2D eigenvalue weighted by Gasteiger charge is 2.08. The minimum atomic E-state index is -0.419. The van der Waals surface area contributed by atoms with E-state index in [1.165, 1.54) is 24.3 Å². The maximum Gasteiger partial charge on any atom is 0.269 e. The fourth-order valence-electron chi connectivity index (χ4n) is 2.28. The summed E-state index contributed by atoms with van der Waals surface area (Å²) in [5.74, 6) is 0.929. The molecule has 0 atom stereocenters. The molecule has 0 aliphatic carbocycles. The molecule has 0 aromatic heterocycles. The number of nitro benzene ring substituents is 1. The third kappa shape index (κ3) is 5.73. The van der Waals surface area contributed by atoms with Crippen molar-refractivity contribution in [1.82, 2.24) is 10.2 Å². The van der Waals surface area contributed by atoms with Crippen LogP contribution in [-0.2, 0) is 6.54 Å². The third-order valence-corrected chi connectivity index (χ3v) is 3.65. The Labute approximate surface area is 151 Å². The Morgan fingerprint density at radius 2 is 2.04 bits per heavy atom. The lowest BCUT2D eigenvalue weighted by Crippen LogP contribution is -2.40. The molecule has 2 aromatic carbocycles. The Morgan fingerprint density at radius 1 is 1.31 bits per heavy atom. The fourth-order valence-corrected chi connectivity index (χ4v) is 2.28. The van der Waals surface area contributed by atoms with Gasteiger partial charge in [-0.3, -0.25) is 15.1 Å². The number of nitro groups is 1. The molecule has 0 bridgehead atoms. The van der Waals surface area contributed by atoms with E-state index in [-0.39, 0.29) is 11.5 Å². The topological polar surface area (TPSA) is 80.0 Å². The Bertz CT molecular complexity index is 765. The highest BCUT2D eigenvalue weighted by molar-refractivity contribution is 5.79. The van der Waals surface area contributed by atoms with Gasteiger partial charge in [-0.25, -0.2) is 4.39 Å². The first-order chi connectivity index (χ1) is 12.5. The van der Waals surface area contributed by atoms with Gasteiger partial charge in [0.25, 0.3) is 5.69 Å². The lowest BCUT2D eigenvalue weighted by molar-refractivity contribution is -0.384. The van der Waals surface area contributed by atoms with Crippen LogP contribution in [0.15, 0.2) is 53.5 Å². The van der Waals surface area contributed by atoms with Gasteiger partial charge in [-0.2, -0.15) is 0 Å². The average Bonchev–Trinajstić information content (AvgIpc) is 2.64. The van der Waals surface area contributed by atoms with Crippen molar-refractivity contribution in [1.29, 1.82) is 0 Å². The number of halogens is 1. The lowest BCUT2D eigenvalue weighted by atomic mass is 10.2. The number of ether oxygens (including phenoxy) is 1. The molecule has 0 aliphatic rings. The van der Waals surface area contributed by atoms with Gasteiger partial charge in [-0.1, -0.05) is 12.1 Å². The predicted molar refractivity (Wildman–Crippen MR) is 97.8 cm³/mol.